The fourth-order valence-electron chi connectivity index (χ4n) is 3.65. The second kappa shape index (κ2) is 8.46. The Morgan fingerprint density at radius 2 is 2.08 bits per heavy atom. The van der Waals surface area contributed by atoms with E-state index in [1.807, 2.05) is 12.1 Å². The van der Waals surface area contributed by atoms with Crippen molar-refractivity contribution in [1.82, 2.24) is 15.1 Å². The number of benzene rings is 1. The number of morpholine rings is 1. The second-order valence-electron chi connectivity index (χ2n) is 6.55. The monoisotopic (exact) mass is 333 g/mol. The average Bonchev–Trinajstić information content (AvgIpc) is 3.08. The van der Waals surface area contributed by atoms with Gasteiger partial charge in [-0.2, -0.15) is 0 Å². The van der Waals surface area contributed by atoms with Crippen LogP contribution in [0.1, 0.15) is 30.0 Å². The Labute approximate surface area is 143 Å². The molecular weight excluding hydrogens is 306 g/mol. The van der Waals surface area contributed by atoms with Crippen molar-refractivity contribution in [2.24, 2.45) is 0 Å². The Balaban J connectivity index is 1.57. The first-order valence-corrected chi connectivity index (χ1v) is 8.82. The van der Waals surface area contributed by atoms with E-state index in [9.17, 15) is 4.79 Å². The van der Waals surface area contributed by atoms with Crippen molar-refractivity contribution < 1.29 is 14.6 Å². The largest absolute Gasteiger partial charge is 0.465 e. The number of rotatable bonds is 6. The minimum Gasteiger partial charge on any atom is -0.465 e. The van der Waals surface area contributed by atoms with Crippen LogP contribution in [0.15, 0.2) is 24.3 Å². The molecule has 0 aromatic heterocycles. The van der Waals surface area contributed by atoms with Gasteiger partial charge in [0.25, 0.3) is 0 Å². The Hall–Kier alpha value is -1.63. The topological polar surface area (TPSA) is 65.0 Å². The summed E-state index contributed by atoms with van der Waals surface area (Å²) >= 11 is 0. The van der Waals surface area contributed by atoms with Gasteiger partial charge < -0.3 is 15.2 Å². The fraction of sp³-hybridized carbons (Fsp3) is 0.611. The van der Waals surface area contributed by atoms with Crippen LogP contribution in [0, 0.1) is 0 Å². The van der Waals surface area contributed by atoms with E-state index in [1.54, 1.807) is 0 Å². The summed E-state index contributed by atoms with van der Waals surface area (Å²) in [5.74, 6) is 0. The van der Waals surface area contributed by atoms with E-state index in [4.69, 9.17) is 9.84 Å². The summed E-state index contributed by atoms with van der Waals surface area (Å²) in [5.41, 5.74) is 2.33. The smallest absolute Gasteiger partial charge is 0.404 e. The average molecular weight is 333 g/mol. The van der Waals surface area contributed by atoms with E-state index >= 15 is 0 Å². The summed E-state index contributed by atoms with van der Waals surface area (Å²) < 4.78 is 5.41. The molecule has 2 heterocycles. The minimum absolute atomic E-state index is 0.365. The molecule has 24 heavy (non-hydrogen) atoms. The summed E-state index contributed by atoms with van der Waals surface area (Å²) in [7, 11) is 0. The predicted molar refractivity (Wildman–Crippen MR) is 92.1 cm³/mol. The number of nitrogens with one attached hydrogen (secondary N) is 1. The summed E-state index contributed by atoms with van der Waals surface area (Å²) in [4.78, 5) is 15.7. The van der Waals surface area contributed by atoms with Crippen molar-refractivity contribution in [3.63, 3.8) is 0 Å². The van der Waals surface area contributed by atoms with E-state index in [0.29, 0.717) is 12.6 Å². The van der Waals surface area contributed by atoms with E-state index in [2.05, 4.69) is 27.2 Å². The van der Waals surface area contributed by atoms with Crippen molar-refractivity contribution >= 4 is 6.09 Å². The molecule has 2 N–H and O–H groups in total. The molecule has 2 aliphatic rings. The number of carbonyl (C=O) groups is 1. The highest BCUT2D eigenvalue weighted by molar-refractivity contribution is 5.64. The van der Waals surface area contributed by atoms with Gasteiger partial charge in [0.15, 0.2) is 0 Å². The Morgan fingerprint density at radius 1 is 1.25 bits per heavy atom. The van der Waals surface area contributed by atoms with Crippen LogP contribution in [0.3, 0.4) is 0 Å². The van der Waals surface area contributed by atoms with Crippen LogP contribution in [-0.2, 0) is 11.3 Å². The lowest BCUT2D eigenvalue weighted by molar-refractivity contribution is 0.0327. The first-order valence-electron chi connectivity index (χ1n) is 8.82. The summed E-state index contributed by atoms with van der Waals surface area (Å²) in [5, 5.41) is 11.2. The maximum atomic E-state index is 10.7. The third-order valence-corrected chi connectivity index (χ3v) is 4.95. The van der Waals surface area contributed by atoms with Gasteiger partial charge in [0, 0.05) is 38.8 Å². The highest BCUT2D eigenvalue weighted by Gasteiger charge is 2.26. The first-order chi connectivity index (χ1) is 11.7. The van der Waals surface area contributed by atoms with Crippen LogP contribution in [0.25, 0.3) is 0 Å². The summed E-state index contributed by atoms with van der Waals surface area (Å²) in [6.45, 7) is 7.46. The van der Waals surface area contributed by atoms with Crippen molar-refractivity contribution in [2.45, 2.75) is 25.4 Å². The van der Waals surface area contributed by atoms with Crippen molar-refractivity contribution in [2.75, 3.05) is 45.9 Å². The molecule has 132 valence electrons. The molecule has 6 nitrogen and oxygen atoms in total. The highest BCUT2D eigenvalue weighted by Crippen LogP contribution is 2.32. The molecule has 2 saturated heterocycles. The molecule has 0 spiro atoms. The molecule has 0 bridgehead atoms. The van der Waals surface area contributed by atoms with Crippen LogP contribution < -0.4 is 5.32 Å². The zero-order valence-electron chi connectivity index (χ0n) is 14.1. The van der Waals surface area contributed by atoms with Crippen LogP contribution in [0.5, 0.6) is 0 Å². The van der Waals surface area contributed by atoms with Gasteiger partial charge in [-0.15, -0.1) is 0 Å². The predicted octanol–water partition coefficient (Wildman–Crippen LogP) is 1.92. The summed E-state index contributed by atoms with van der Waals surface area (Å²) in [6, 6.07) is 8.78. The molecule has 0 aliphatic carbocycles. The van der Waals surface area contributed by atoms with E-state index < -0.39 is 6.09 Å². The lowest BCUT2D eigenvalue weighted by atomic mass is 10.0. The highest BCUT2D eigenvalue weighted by atomic mass is 16.5. The molecule has 2 fully saturated rings. The molecule has 1 aromatic carbocycles. The van der Waals surface area contributed by atoms with Crippen LogP contribution in [0.2, 0.25) is 0 Å². The molecule has 1 aromatic rings. The van der Waals surface area contributed by atoms with Crippen molar-refractivity contribution in [3.8, 4) is 0 Å². The van der Waals surface area contributed by atoms with Gasteiger partial charge in [-0.05, 0) is 30.5 Å². The standard InChI is InChI=1S/C18H27N3O3/c22-18(23)19-14-15-3-1-4-16(13-15)17-5-2-6-21(17)8-7-20-9-11-24-12-10-20/h1,3-4,13,17,19H,2,5-12,14H2,(H,22,23). The molecule has 3 rings (SSSR count). The van der Waals surface area contributed by atoms with Gasteiger partial charge in [0.1, 0.15) is 0 Å². The number of nitrogens with zero attached hydrogens (tertiary/aromatic N) is 2. The summed E-state index contributed by atoms with van der Waals surface area (Å²) in [6.07, 6.45) is 1.43. The number of carboxylic acid groups (broad SMARTS) is 1. The maximum absolute atomic E-state index is 10.7. The lowest BCUT2D eigenvalue weighted by Gasteiger charge is -2.31. The van der Waals surface area contributed by atoms with E-state index in [0.717, 1.165) is 51.5 Å². The third-order valence-electron chi connectivity index (χ3n) is 4.95. The van der Waals surface area contributed by atoms with E-state index in [-0.39, 0.29) is 0 Å². The Kier molecular flexibility index (Phi) is 6.07. The van der Waals surface area contributed by atoms with Crippen molar-refractivity contribution in [3.05, 3.63) is 35.4 Å². The van der Waals surface area contributed by atoms with Gasteiger partial charge in [-0.1, -0.05) is 24.3 Å². The number of hydrogen-bond donors (Lipinski definition) is 2. The molecule has 1 atom stereocenters. The number of likely N-dealkylation sites (tertiary alicyclic amines) is 1. The van der Waals surface area contributed by atoms with Gasteiger partial charge in [0.2, 0.25) is 0 Å². The van der Waals surface area contributed by atoms with Crippen LogP contribution >= 0.6 is 0 Å². The van der Waals surface area contributed by atoms with Crippen LogP contribution in [0.4, 0.5) is 4.79 Å². The maximum Gasteiger partial charge on any atom is 0.404 e. The first kappa shape index (κ1) is 17.2. The Bertz CT molecular complexity index is 546. The van der Waals surface area contributed by atoms with Gasteiger partial charge in [0.05, 0.1) is 13.2 Å². The second-order valence-corrected chi connectivity index (χ2v) is 6.55. The number of ether oxygens (including phenoxy) is 1. The third kappa shape index (κ3) is 4.69. The molecule has 1 unspecified atom stereocenters. The van der Waals surface area contributed by atoms with Gasteiger partial charge in [-0.25, -0.2) is 4.79 Å². The lowest BCUT2D eigenvalue weighted by Crippen LogP contribution is -2.41. The SMILES string of the molecule is O=C(O)NCc1cccc(C2CCCN2CCN2CCOCC2)c1. The molecular formula is C18H27N3O3. The molecule has 6 heteroatoms. The fourth-order valence-corrected chi connectivity index (χ4v) is 3.65. The minimum atomic E-state index is -0.978. The Morgan fingerprint density at radius 3 is 2.88 bits per heavy atom. The molecule has 0 radical (unpaired) electrons. The molecule has 0 saturated carbocycles. The zero-order valence-corrected chi connectivity index (χ0v) is 14.1. The van der Waals surface area contributed by atoms with Gasteiger partial charge in [-0.3, -0.25) is 9.80 Å². The normalized spacial score (nSPS) is 22.6. The number of amides is 1. The van der Waals surface area contributed by atoms with Crippen molar-refractivity contribution in [1.29, 1.82) is 0 Å². The molecule has 2 aliphatic heterocycles. The van der Waals surface area contributed by atoms with Gasteiger partial charge >= 0.3 is 6.09 Å². The van der Waals surface area contributed by atoms with Crippen LogP contribution in [-0.4, -0.2) is 66.9 Å². The molecule has 1 amide bonds. The zero-order chi connectivity index (χ0) is 16.8. The number of hydrogen-bond acceptors (Lipinski definition) is 4. The van der Waals surface area contributed by atoms with E-state index in [1.165, 1.54) is 18.4 Å². The quantitative estimate of drug-likeness (QED) is 0.833.